The molecule has 4 heteroatoms. The van der Waals surface area contributed by atoms with Crippen LogP contribution in [0.25, 0.3) is 0 Å². The fourth-order valence-electron chi connectivity index (χ4n) is 2.75. The molecular formula is C19H37ClO3. The SMILES string of the molecule is CCCCCCCCC(Cl)C(O)CCCCCCCC(=O)OC. The van der Waals surface area contributed by atoms with Gasteiger partial charge in [0.1, 0.15) is 0 Å². The molecule has 0 spiro atoms. The third-order valence-electron chi connectivity index (χ3n) is 4.36. The molecule has 0 aliphatic heterocycles. The first-order chi connectivity index (χ1) is 11.1. The van der Waals surface area contributed by atoms with Crippen molar-refractivity contribution >= 4 is 17.6 Å². The maximum atomic E-state index is 11.0. The second-order valence-corrected chi connectivity index (χ2v) is 7.08. The quantitative estimate of drug-likeness (QED) is 0.224. The van der Waals surface area contributed by atoms with Crippen LogP contribution >= 0.6 is 11.6 Å². The summed E-state index contributed by atoms with van der Waals surface area (Å²) >= 11 is 6.28. The van der Waals surface area contributed by atoms with Gasteiger partial charge in [-0.15, -0.1) is 11.6 Å². The van der Waals surface area contributed by atoms with E-state index in [1.807, 2.05) is 0 Å². The van der Waals surface area contributed by atoms with E-state index in [0.29, 0.717) is 6.42 Å². The van der Waals surface area contributed by atoms with E-state index in [9.17, 15) is 9.90 Å². The van der Waals surface area contributed by atoms with E-state index < -0.39 is 0 Å². The Kier molecular flexibility index (Phi) is 16.4. The van der Waals surface area contributed by atoms with Gasteiger partial charge in [-0.05, 0) is 19.3 Å². The van der Waals surface area contributed by atoms with Crippen molar-refractivity contribution in [3.63, 3.8) is 0 Å². The predicted octanol–water partition coefficient (Wildman–Crippen LogP) is 5.61. The highest BCUT2D eigenvalue weighted by atomic mass is 35.5. The largest absolute Gasteiger partial charge is 0.469 e. The smallest absolute Gasteiger partial charge is 0.305 e. The molecule has 0 rings (SSSR count). The molecule has 0 saturated heterocycles. The van der Waals surface area contributed by atoms with E-state index in [1.165, 1.54) is 39.2 Å². The van der Waals surface area contributed by atoms with Gasteiger partial charge in [0.2, 0.25) is 0 Å². The first-order valence-electron chi connectivity index (χ1n) is 9.50. The maximum Gasteiger partial charge on any atom is 0.305 e. The number of hydrogen-bond acceptors (Lipinski definition) is 3. The molecule has 0 aliphatic carbocycles. The van der Waals surface area contributed by atoms with Crippen LogP contribution in [-0.2, 0) is 9.53 Å². The number of alkyl halides is 1. The van der Waals surface area contributed by atoms with Gasteiger partial charge in [0.15, 0.2) is 0 Å². The van der Waals surface area contributed by atoms with Crippen molar-refractivity contribution in [3.05, 3.63) is 0 Å². The van der Waals surface area contributed by atoms with Crippen LogP contribution in [0.4, 0.5) is 0 Å². The molecule has 0 aromatic rings. The zero-order valence-electron chi connectivity index (χ0n) is 15.2. The van der Waals surface area contributed by atoms with Crippen LogP contribution in [-0.4, -0.2) is 29.7 Å². The van der Waals surface area contributed by atoms with Gasteiger partial charge in [0.05, 0.1) is 18.6 Å². The number of esters is 1. The Labute approximate surface area is 148 Å². The van der Waals surface area contributed by atoms with Gasteiger partial charge in [-0.2, -0.15) is 0 Å². The van der Waals surface area contributed by atoms with Crippen molar-refractivity contribution in [2.24, 2.45) is 0 Å². The molecule has 23 heavy (non-hydrogen) atoms. The molecule has 0 heterocycles. The van der Waals surface area contributed by atoms with E-state index in [-0.39, 0.29) is 17.5 Å². The molecule has 1 N–H and O–H groups in total. The van der Waals surface area contributed by atoms with E-state index in [1.54, 1.807) is 0 Å². The number of carbonyl (C=O) groups excluding carboxylic acids is 1. The van der Waals surface area contributed by atoms with E-state index >= 15 is 0 Å². The Morgan fingerprint density at radius 2 is 1.43 bits per heavy atom. The normalized spacial score (nSPS) is 13.7. The highest BCUT2D eigenvalue weighted by molar-refractivity contribution is 6.21. The van der Waals surface area contributed by atoms with Gasteiger partial charge in [-0.3, -0.25) is 4.79 Å². The zero-order valence-corrected chi connectivity index (χ0v) is 16.0. The number of hydrogen-bond donors (Lipinski definition) is 1. The molecule has 0 bridgehead atoms. The van der Waals surface area contributed by atoms with Crippen molar-refractivity contribution in [1.82, 2.24) is 0 Å². The van der Waals surface area contributed by atoms with Gasteiger partial charge in [-0.1, -0.05) is 71.1 Å². The number of carbonyl (C=O) groups is 1. The Balaban J connectivity index is 3.40. The Hall–Kier alpha value is -0.280. The summed E-state index contributed by atoms with van der Waals surface area (Å²) in [5, 5.41) is 9.98. The highest BCUT2D eigenvalue weighted by Gasteiger charge is 2.15. The number of halogens is 1. The van der Waals surface area contributed by atoms with Crippen LogP contribution in [0.1, 0.15) is 96.8 Å². The third kappa shape index (κ3) is 15.0. The Morgan fingerprint density at radius 1 is 0.913 bits per heavy atom. The van der Waals surface area contributed by atoms with Crippen LogP contribution in [0.5, 0.6) is 0 Å². The summed E-state index contributed by atoms with van der Waals surface area (Å²) in [6.45, 7) is 2.23. The number of rotatable bonds is 16. The molecule has 0 amide bonds. The summed E-state index contributed by atoms with van der Waals surface area (Å²) in [6.07, 6.45) is 14.6. The van der Waals surface area contributed by atoms with Gasteiger partial charge in [0.25, 0.3) is 0 Å². The molecule has 2 atom stereocenters. The van der Waals surface area contributed by atoms with Gasteiger partial charge >= 0.3 is 5.97 Å². The molecular weight excluding hydrogens is 312 g/mol. The summed E-state index contributed by atoms with van der Waals surface area (Å²) in [4.78, 5) is 11.0. The molecule has 0 fully saturated rings. The van der Waals surface area contributed by atoms with Crippen LogP contribution < -0.4 is 0 Å². The molecule has 0 aromatic heterocycles. The van der Waals surface area contributed by atoms with Crippen LogP contribution in [0.2, 0.25) is 0 Å². The fourth-order valence-corrected chi connectivity index (χ4v) is 3.03. The van der Waals surface area contributed by atoms with Gasteiger partial charge < -0.3 is 9.84 Å². The Bertz CT molecular complexity index is 271. The van der Waals surface area contributed by atoms with Crippen LogP contribution in [0.15, 0.2) is 0 Å². The molecule has 138 valence electrons. The van der Waals surface area contributed by atoms with Crippen LogP contribution in [0, 0.1) is 0 Å². The second kappa shape index (κ2) is 16.6. The maximum absolute atomic E-state index is 11.0. The van der Waals surface area contributed by atoms with Gasteiger partial charge in [-0.25, -0.2) is 0 Å². The number of methoxy groups -OCH3 is 1. The average Bonchev–Trinajstić information content (AvgIpc) is 2.56. The van der Waals surface area contributed by atoms with E-state index in [2.05, 4.69) is 11.7 Å². The first-order valence-corrected chi connectivity index (χ1v) is 9.94. The number of aliphatic hydroxyl groups excluding tert-OH is 1. The molecule has 2 unspecified atom stereocenters. The third-order valence-corrected chi connectivity index (χ3v) is 4.87. The number of aliphatic hydroxyl groups is 1. The average molecular weight is 349 g/mol. The fraction of sp³-hybridized carbons (Fsp3) is 0.947. The molecule has 0 aromatic carbocycles. The summed E-state index contributed by atoms with van der Waals surface area (Å²) in [5.41, 5.74) is 0. The molecule has 0 radical (unpaired) electrons. The second-order valence-electron chi connectivity index (χ2n) is 6.52. The lowest BCUT2D eigenvalue weighted by Crippen LogP contribution is -2.20. The standard InChI is InChI=1S/C19H37ClO3/c1-3-4-5-6-8-11-14-17(20)18(21)15-12-9-7-10-13-16-19(22)23-2/h17-18,21H,3-16H2,1-2H3. The summed E-state index contributed by atoms with van der Waals surface area (Å²) in [7, 11) is 1.43. The Morgan fingerprint density at radius 3 is 2.04 bits per heavy atom. The molecule has 0 aliphatic rings. The summed E-state index contributed by atoms with van der Waals surface area (Å²) in [6, 6.07) is 0. The molecule has 0 saturated carbocycles. The minimum atomic E-state index is -0.373. The van der Waals surface area contributed by atoms with Crippen LogP contribution in [0.3, 0.4) is 0 Å². The van der Waals surface area contributed by atoms with E-state index in [0.717, 1.165) is 51.4 Å². The highest BCUT2D eigenvalue weighted by Crippen LogP contribution is 2.19. The van der Waals surface area contributed by atoms with E-state index in [4.69, 9.17) is 11.6 Å². The predicted molar refractivity (Wildman–Crippen MR) is 98.0 cm³/mol. The minimum absolute atomic E-state index is 0.0968. The van der Waals surface area contributed by atoms with Crippen molar-refractivity contribution < 1.29 is 14.6 Å². The number of unbranched alkanes of at least 4 members (excludes halogenated alkanes) is 9. The lowest BCUT2D eigenvalue weighted by atomic mass is 10.0. The van der Waals surface area contributed by atoms with Crippen molar-refractivity contribution in [2.45, 2.75) is 108 Å². The van der Waals surface area contributed by atoms with Crippen molar-refractivity contribution in [1.29, 1.82) is 0 Å². The first kappa shape index (κ1) is 22.7. The molecule has 3 nitrogen and oxygen atoms in total. The zero-order chi connectivity index (χ0) is 17.3. The number of ether oxygens (including phenoxy) is 1. The summed E-state index contributed by atoms with van der Waals surface area (Å²) < 4.78 is 4.61. The minimum Gasteiger partial charge on any atom is -0.469 e. The van der Waals surface area contributed by atoms with Gasteiger partial charge in [0, 0.05) is 6.42 Å². The summed E-state index contributed by atoms with van der Waals surface area (Å²) in [5.74, 6) is -0.125. The lowest BCUT2D eigenvalue weighted by Gasteiger charge is -2.16. The topological polar surface area (TPSA) is 46.5 Å². The van der Waals surface area contributed by atoms with Crippen molar-refractivity contribution in [2.75, 3.05) is 7.11 Å². The lowest BCUT2D eigenvalue weighted by molar-refractivity contribution is -0.140. The van der Waals surface area contributed by atoms with Crippen molar-refractivity contribution in [3.8, 4) is 0 Å². The monoisotopic (exact) mass is 348 g/mol.